The molecule has 0 radical (unpaired) electrons. The van der Waals surface area contributed by atoms with Crippen molar-refractivity contribution in [1.29, 1.82) is 0 Å². The average Bonchev–Trinajstić information content (AvgIpc) is 2.45. The molecule has 0 rings (SSSR count). The van der Waals surface area contributed by atoms with Gasteiger partial charge in [-0.15, -0.1) is 0 Å². The van der Waals surface area contributed by atoms with Crippen molar-refractivity contribution in [2.75, 3.05) is 80.3 Å². The lowest BCUT2D eigenvalue weighted by Crippen LogP contribution is -2.42. The molecule has 0 aromatic rings. The van der Waals surface area contributed by atoms with E-state index in [1.165, 1.54) is 4.90 Å². The Morgan fingerprint density at radius 1 is 0.500 bits per heavy atom. The molecule has 0 heterocycles. The van der Waals surface area contributed by atoms with Crippen LogP contribution in [0.5, 0.6) is 0 Å². The van der Waals surface area contributed by atoms with Crippen LogP contribution < -0.4 is 0 Å². The number of hydrogen-bond donors (Lipinski definition) is 4. The minimum atomic E-state index is -0.207. The fraction of sp³-hybridized carbons (Fsp3) is 1.00. The van der Waals surface area contributed by atoms with Crippen LogP contribution in [-0.2, 0) is 0 Å². The van der Waals surface area contributed by atoms with Crippen LogP contribution in [0.3, 0.4) is 0 Å². The van der Waals surface area contributed by atoms with Crippen molar-refractivity contribution in [3.8, 4) is 0 Å². The Kier molecular flexibility index (Phi) is 12.2. The van der Waals surface area contributed by atoms with E-state index >= 15 is 0 Å². The molecule has 0 atom stereocenters. The van der Waals surface area contributed by atoms with Gasteiger partial charge in [0.25, 0.3) is 0 Å². The summed E-state index contributed by atoms with van der Waals surface area (Å²) in [7, 11) is 3.96. The highest BCUT2D eigenvalue weighted by atomic mass is 16.3. The summed E-state index contributed by atoms with van der Waals surface area (Å²) in [6.45, 7) is 3.42. The summed E-state index contributed by atoms with van der Waals surface area (Å²) in [6.07, 6.45) is 0. The standard InChI is InChI=1S/C12H30N4O4/c1-13(2)3-4-14(9-17)5-6-15(10-18)7-8-16(11-19)12-20/h17-20H,3-12H2,1-2H3. The van der Waals surface area contributed by atoms with Crippen molar-refractivity contribution < 1.29 is 20.4 Å². The van der Waals surface area contributed by atoms with Crippen LogP contribution in [0.1, 0.15) is 0 Å². The first kappa shape index (κ1) is 19.7. The van der Waals surface area contributed by atoms with Crippen molar-refractivity contribution in [3.05, 3.63) is 0 Å². The first-order chi connectivity index (χ1) is 9.57. The predicted molar refractivity (Wildman–Crippen MR) is 76.7 cm³/mol. The van der Waals surface area contributed by atoms with Gasteiger partial charge in [0.05, 0.1) is 26.9 Å². The molecule has 0 saturated carbocycles. The van der Waals surface area contributed by atoms with E-state index < -0.39 is 0 Å². The van der Waals surface area contributed by atoms with Crippen LogP contribution in [0.15, 0.2) is 0 Å². The van der Waals surface area contributed by atoms with E-state index in [1.807, 2.05) is 23.9 Å². The molecule has 0 aliphatic heterocycles. The molecule has 0 unspecified atom stereocenters. The van der Waals surface area contributed by atoms with Gasteiger partial charge in [-0.3, -0.25) is 14.7 Å². The Morgan fingerprint density at radius 2 is 0.800 bits per heavy atom. The summed E-state index contributed by atoms with van der Waals surface area (Å²) < 4.78 is 0. The minimum Gasteiger partial charge on any atom is -0.381 e. The normalized spacial score (nSPS) is 12.3. The molecular weight excluding hydrogens is 264 g/mol. The fourth-order valence-corrected chi connectivity index (χ4v) is 1.60. The number of aliphatic hydroxyl groups excluding tert-OH is 4. The maximum atomic E-state index is 9.28. The largest absolute Gasteiger partial charge is 0.381 e. The summed E-state index contributed by atoms with van der Waals surface area (Å²) in [4.78, 5) is 7.21. The third-order valence-corrected chi connectivity index (χ3v) is 3.13. The van der Waals surface area contributed by atoms with E-state index in [9.17, 15) is 10.2 Å². The van der Waals surface area contributed by atoms with E-state index in [0.717, 1.165) is 13.1 Å². The van der Waals surface area contributed by atoms with E-state index in [2.05, 4.69) is 0 Å². The van der Waals surface area contributed by atoms with E-state index in [0.29, 0.717) is 26.2 Å². The van der Waals surface area contributed by atoms with Gasteiger partial charge in [0.2, 0.25) is 0 Å². The van der Waals surface area contributed by atoms with Crippen LogP contribution in [0.4, 0.5) is 0 Å². The van der Waals surface area contributed by atoms with Gasteiger partial charge in [-0.05, 0) is 14.1 Å². The Balaban J connectivity index is 3.96. The van der Waals surface area contributed by atoms with Gasteiger partial charge < -0.3 is 25.3 Å². The Hall–Kier alpha value is -0.320. The molecule has 0 aliphatic rings. The third kappa shape index (κ3) is 9.56. The monoisotopic (exact) mass is 294 g/mol. The fourth-order valence-electron chi connectivity index (χ4n) is 1.60. The maximum Gasteiger partial charge on any atom is 0.0974 e. The smallest absolute Gasteiger partial charge is 0.0974 e. The number of nitrogens with zero attached hydrogens (tertiary/aromatic N) is 4. The second-order valence-electron chi connectivity index (χ2n) is 5.00. The van der Waals surface area contributed by atoms with Gasteiger partial charge in [0.15, 0.2) is 0 Å². The molecule has 0 amide bonds. The third-order valence-electron chi connectivity index (χ3n) is 3.13. The molecule has 8 heteroatoms. The van der Waals surface area contributed by atoms with Gasteiger partial charge in [0, 0.05) is 39.3 Å². The summed E-state index contributed by atoms with van der Waals surface area (Å²) >= 11 is 0. The molecule has 0 saturated heterocycles. The summed E-state index contributed by atoms with van der Waals surface area (Å²) in [5, 5.41) is 36.4. The quantitative estimate of drug-likeness (QED) is 0.272. The van der Waals surface area contributed by atoms with Crippen LogP contribution in [-0.4, -0.2) is 120 Å². The highest BCUT2D eigenvalue weighted by Gasteiger charge is 2.10. The van der Waals surface area contributed by atoms with Crippen LogP contribution in [0, 0.1) is 0 Å². The number of likely N-dealkylation sites (N-methyl/N-ethyl adjacent to an activating group) is 1. The van der Waals surface area contributed by atoms with E-state index in [1.54, 1.807) is 4.90 Å². The zero-order valence-corrected chi connectivity index (χ0v) is 12.6. The second kappa shape index (κ2) is 12.4. The van der Waals surface area contributed by atoms with Gasteiger partial charge in [0.1, 0.15) is 0 Å². The summed E-state index contributed by atoms with van der Waals surface area (Å²) in [5.74, 6) is 0. The lowest BCUT2D eigenvalue weighted by molar-refractivity contribution is 0.00946. The predicted octanol–water partition coefficient (Wildman–Crippen LogP) is -2.75. The van der Waals surface area contributed by atoms with Crippen molar-refractivity contribution in [2.45, 2.75) is 0 Å². The molecule has 0 aromatic carbocycles. The van der Waals surface area contributed by atoms with Gasteiger partial charge in [-0.1, -0.05) is 0 Å². The molecule has 20 heavy (non-hydrogen) atoms. The molecule has 0 aromatic heterocycles. The molecule has 0 bridgehead atoms. The molecule has 122 valence electrons. The van der Waals surface area contributed by atoms with Crippen molar-refractivity contribution in [2.24, 2.45) is 0 Å². The molecule has 8 nitrogen and oxygen atoms in total. The molecule has 0 spiro atoms. The lowest BCUT2D eigenvalue weighted by atomic mass is 10.4. The SMILES string of the molecule is CN(C)CCN(CO)CCN(CO)CCN(CO)CO. The number of aliphatic hydroxyl groups is 4. The zero-order chi connectivity index (χ0) is 15.4. The highest BCUT2D eigenvalue weighted by Crippen LogP contribution is 1.94. The van der Waals surface area contributed by atoms with Crippen molar-refractivity contribution in [1.82, 2.24) is 19.6 Å². The summed E-state index contributed by atoms with van der Waals surface area (Å²) in [5.41, 5.74) is 0. The van der Waals surface area contributed by atoms with E-state index in [4.69, 9.17) is 10.2 Å². The second-order valence-corrected chi connectivity index (χ2v) is 5.00. The highest BCUT2D eigenvalue weighted by molar-refractivity contribution is 4.62. The minimum absolute atomic E-state index is 0.00743. The number of rotatable bonds is 13. The zero-order valence-electron chi connectivity index (χ0n) is 12.6. The first-order valence-corrected chi connectivity index (χ1v) is 6.82. The Morgan fingerprint density at radius 3 is 1.10 bits per heavy atom. The Labute approximate surface area is 121 Å². The van der Waals surface area contributed by atoms with Crippen molar-refractivity contribution >= 4 is 0 Å². The van der Waals surface area contributed by atoms with Gasteiger partial charge in [-0.25, -0.2) is 0 Å². The van der Waals surface area contributed by atoms with Crippen LogP contribution >= 0.6 is 0 Å². The van der Waals surface area contributed by atoms with Gasteiger partial charge in [-0.2, -0.15) is 0 Å². The topological polar surface area (TPSA) is 93.9 Å². The van der Waals surface area contributed by atoms with E-state index in [-0.39, 0.29) is 26.9 Å². The van der Waals surface area contributed by atoms with Gasteiger partial charge >= 0.3 is 0 Å². The molecule has 0 fully saturated rings. The van der Waals surface area contributed by atoms with Crippen molar-refractivity contribution in [3.63, 3.8) is 0 Å². The molecule has 0 aliphatic carbocycles. The maximum absolute atomic E-state index is 9.28. The average molecular weight is 294 g/mol. The summed E-state index contributed by atoms with van der Waals surface area (Å²) in [6, 6.07) is 0. The number of hydrogen-bond acceptors (Lipinski definition) is 8. The van der Waals surface area contributed by atoms with Crippen LogP contribution in [0.25, 0.3) is 0 Å². The Bertz CT molecular complexity index is 218. The first-order valence-electron chi connectivity index (χ1n) is 6.82. The van der Waals surface area contributed by atoms with Crippen LogP contribution in [0.2, 0.25) is 0 Å². The molecular formula is C12H30N4O4. The molecule has 4 N–H and O–H groups in total. The lowest BCUT2D eigenvalue weighted by Gasteiger charge is -2.27.